The van der Waals surface area contributed by atoms with Crippen molar-refractivity contribution in [3.8, 4) is 0 Å². The normalized spacial score (nSPS) is 10.7. The summed E-state index contributed by atoms with van der Waals surface area (Å²) in [5.41, 5.74) is 0.151. The van der Waals surface area contributed by atoms with E-state index in [9.17, 15) is 9.59 Å². The molecule has 0 aliphatic carbocycles. The third-order valence-corrected chi connectivity index (χ3v) is 2.74. The minimum Gasteiger partial charge on any atom is -0.478 e. The Kier molecular flexibility index (Phi) is 5.57. The van der Waals surface area contributed by atoms with E-state index >= 15 is 0 Å². The van der Waals surface area contributed by atoms with Crippen molar-refractivity contribution >= 4 is 11.9 Å². The van der Waals surface area contributed by atoms with Gasteiger partial charge in [0.05, 0.1) is 19.4 Å². The monoisotopic (exact) mass is 268 g/mol. The second-order valence-electron chi connectivity index (χ2n) is 4.56. The summed E-state index contributed by atoms with van der Waals surface area (Å²) in [6, 6.07) is 1.43. The van der Waals surface area contributed by atoms with E-state index < -0.39 is 5.97 Å². The van der Waals surface area contributed by atoms with Crippen molar-refractivity contribution in [1.82, 2.24) is 9.80 Å². The smallest absolute Gasteiger partial charge is 0.339 e. The molecule has 0 atom stereocenters. The predicted molar refractivity (Wildman–Crippen MR) is 69.9 cm³/mol. The average molecular weight is 268 g/mol. The van der Waals surface area contributed by atoms with Gasteiger partial charge in [-0.25, -0.2) is 4.79 Å². The number of hydrogen-bond acceptors (Lipinski definition) is 4. The van der Waals surface area contributed by atoms with Gasteiger partial charge in [-0.1, -0.05) is 6.92 Å². The molecule has 0 radical (unpaired) electrons. The zero-order valence-corrected chi connectivity index (χ0v) is 11.5. The van der Waals surface area contributed by atoms with Gasteiger partial charge in [-0.3, -0.25) is 9.69 Å². The van der Waals surface area contributed by atoms with E-state index in [0.29, 0.717) is 18.8 Å². The summed E-state index contributed by atoms with van der Waals surface area (Å²) in [4.78, 5) is 26.1. The maximum absolute atomic E-state index is 11.7. The Morgan fingerprint density at radius 3 is 2.58 bits per heavy atom. The number of carboxylic acids is 1. The van der Waals surface area contributed by atoms with Gasteiger partial charge in [0.1, 0.15) is 11.3 Å². The number of carbonyl (C=O) groups excluding carboxylic acids is 1. The molecule has 0 aromatic carbocycles. The third kappa shape index (κ3) is 4.40. The summed E-state index contributed by atoms with van der Waals surface area (Å²) in [5, 5.41) is 9.01. The molecule has 1 aromatic heterocycles. The molecular weight excluding hydrogens is 248 g/mol. The van der Waals surface area contributed by atoms with Crippen LogP contribution in [-0.4, -0.2) is 54.0 Å². The number of rotatable bonds is 7. The van der Waals surface area contributed by atoms with Crippen LogP contribution in [0.15, 0.2) is 16.7 Å². The molecule has 1 N–H and O–H groups in total. The number of likely N-dealkylation sites (N-methyl/N-ethyl adjacent to an activating group) is 1. The first-order valence-corrected chi connectivity index (χ1v) is 6.17. The highest BCUT2D eigenvalue weighted by Gasteiger charge is 2.18. The van der Waals surface area contributed by atoms with E-state index in [-0.39, 0.29) is 18.0 Å². The number of aromatic carboxylic acids is 1. The van der Waals surface area contributed by atoms with E-state index in [1.165, 1.54) is 17.2 Å². The third-order valence-electron chi connectivity index (χ3n) is 2.74. The zero-order chi connectivity index (χ0) is 14.4. The van der Waals surface area contributed by atoms with Crippen molar-refractivity contribution in [2.24, 2.45) is 0 Å². The number of carboxylic acid groups (broad SMARTS) is 1. The van der Waals surface area contributed by atoms with Gasteiger partial charge in [-0.2, -0.15) is 0 Å². The Morgan fingerprint density at radius 2 is 2.05 bits per heavy atom. The van der Waals surface area contributed by atoms with Gasteiger partial charge in [-0.05, 0) is 19.0 Å². The lowest BCUT2D eigenvalue weighted by Gasteiger charge is -2.22. The summed E-state index contributed by atoms with van der Waals surface area (Å²) in [6.07, 6.45) is 2.24. The first-order valence-electron chi connectivity index (χ1n) is 6.17. The van der Waals surface area contributed by atoms with Gasteiger partial charge in [-0.15, -0.1) is 0 Å². The van der Waals surface area contributed by atoms with Crippen LogP contribution >= 0.6 is 0 Å². The minimum absolute atomic E-state index is 0.0168. The SMILES string of the molecule is CCCN(CC(=O)N(C)C)Cc1occc1C(=O)O. The van der Waals surface area contributed by atoms with Gasteiger partial charge < -0.3 is 14.4 Å². The van der Waals surface area contributed by atoms with Crippen LogP contribution in [0.2, 0.25) is 0 Å². The molecule has 1 rings (SSSR count). The fourth-order valence-electron chi connectivity index (χ4n) is 1.72. The summed E-state index contributed by atoms with van der Waals surface area (Å²) in [7, 11) is 3.39. The van der Waals surface area contributed by atoms with Gasteiger partial charge in [0.15, 0.2) is 0 Å². The second-order valence-corrected chi connectivity index (χ2v) is 4.56. The largest absolute Gasteiger partial charge is 0.478 e. The molecule has 1 aromatic rings. The molecule has 1 heterocycles. The van der Waals surface area contributed by atoms with Gasteiger partial charge >= 0.3 is 5.97 Å². The van der Waals surface area contributed by atoms with Crippen LogP contribution in [0, 0.1) is 0 Å². The quantitative estimate of drug-likeness (QED) is 0.806. The molecule has 106 valence electrons. The number of furan rings is 1. The molecule has 6 heteroatoms. The van der Waals surface area contributed by atoms with Crippen LogP contribution in [-0.2, 0) is 11.3 Å². The first kappa shape index (κ1) is 15.2. The van der Waals surface area contributed by atoms with Gasteiger partial charge in [0, 0.05) is 14.1 Å². The minimum atomic E-state index is -1.01. The van der Waals surface area contributed by atoms with Crippen LogP contribution in [0.25, 0.3) is 0 Å². The Hall–Kier alpha value is -1.82. The molecule has 0 unspecified atom stereocenters. The first-order chi connectivity index (χ1) is 8.95. The number of nitrogens with zero attached hydrogens (tertiary/aromatic N) is 2. The maximum atomic E-state index is 11.7. The molecule has 0 bridgehead atoms. The average Bonchev–Trinajstić information content (AvgIpc) is 2.77. The lowest BCUT2D eigenvalue weighted by atomic mass is 10.2. The molecule has 0 aliphatic heterocycles. The summed E-state index contributed by atoms with van der Waals surface area (Å²) in [6.45, 7) is 3.29. The standard InChI is InChI=1S/C13H20N2O4/c1-4-6-15(9-12(16)14(2)3)8-11-10(13(17)18)5-7-19-11/h5,7H,4,6,8-9H2,1-3H3,(H,17,18). The Bertz CT molecular complexity index is 440. The van der Waals surface area contributed by atoms with Crippen molar-refractivity contribution < 1.29 is 19.1 Å². The van der Waals surface area contributed by atoms with E-state index in [1.807, 2.05) is 11.8 Å². The highest BCUT2D eigenvalue weighted by Crippen LogP contribution is 2.13. The molecule has 19 heavy (non-hydrogen) atoms. The fraction of sp³-hybridized carbons (Fsp3) is 0.538. The molecule has 0 fully saturated rings. The summed E-state index contributed by atoms with van der Waals surface area (Å²) in [5.74, 6) is -0.650. The topological polar surface area (TPSA) is 74.0 Å². The van der Waals surface area contributed by atoms with Crippen LogP contribution in [0.4, 0.5) is 0 Å². The lowest BCUT2D eigenvalue weighted by molar-refractivity contribution is -0.130. The molecule has 0 spiro atoms. The predicted octanol–water partition coefficient (Wildman–Crippen LogP) is 1.28. The van der Waals surface area contributed by atoms with Crippen LogP contribution in [0.5, 0.6) is 0 Å². The van der Waals surface area contributed by atoms with E-state index in [1.54, 1.807) is 14.1 Å². The van der Waals surface area contributed by atoms with E-state index in [2.05, 4.69) is 0 Å². The maximum Gasteiger partial charge on any atom is 0.339 e. The highest BCUT2D eigenvalue weighted by molar-refractivity contribution is 5.88. The molecule has 6 nitrogen and oxygen atoms in total. The van der Waals surface area contributed by atoms with Crippen LogP contribution < -0.4 is 0 Å². The second kappa shape index (κ2) is 6.94. The van der Waals surface area contributed by atoms with Crippen molar-refractivity contribution in [2.75, 3.05) is 27.2 Å². The fourth-order valence-corrected chi connectivity index (χ4v) is 1.72. The molecular formula is C13H20N2O4. The molecule has 0 aliphatic rings. The lowest BCUT2D eigenvalue weighted by Crippen LogP contribution is -2.36. The number of hydrogen-bond donors (Lipinski definition) is 1. The van der Waals surface area contributed by atoms with Crippen molar-refractivity contribution in [3.63, 3.8) is 0 Å². The Labute approximate surface area is 112 Å². The summed E-state index contributed by atoms with van der Waals surface area (Å²) >= 11 is 0. The van der Waals surface area contributed by atoms with Crippen molar-refractivity contribution in [3.05, 3.63) is 23.7 Å². The van der Waals surface area contributed by atoms with Crippen LogP contribution in [0.3, 0.4) is 0 Å². The molecule has 0 saturated carbocycles. The van der Waals surface area contributed by atoms with Gasteiger partial charge in [0.25, 0.3) is 0 Å². The number of amides is 1. The highest BCUT2D eigenvalue weighted by atomic mass is 16.4. The van der Waals surface area contributed by atoms with E-state index in [0.717, 1.165) is 6.42 Å². The van der Waals surface area contributed by atoms with Crippen molar-refractivity contribution in [2.45, 2.75) is 19.9 Å². The zero-order valence-electron chi connectivity index (χ0n) is 11.5. The van der Waals surface area contributed by atoms with Crippen LogP contribution in [0.1, 0.15) is 29.5 Å². The Morgan fingerprint density at radius 1 is 1.37 bits per heavy atom. The van der Waals surface area contributed by atoms with E-state index in [4.69, 9.17) is 9.52 Å². The molecule has 0 saturated heterocycles. The number of carbonyl (C=O) groups is 2. The summed E-state index contributed by atoms with van der Waals surface area (Å²) < 4.78 is 5.20. The van der Waals surface area contributed by atoms with Gasteiger partial charge in [0.2, 0.25) is 5.91 Å². The molecule has 1 amide bonds. The van der Waals surface area contributed by atoms with Crippen molar-refractivity contribution in [1.29, 1.82) is 0 Å². The Balaban J connectivity index is 2.75.